The van der Waals surface area contributed by atoms with E-state index in [1.807, 2.05) is 6.07 Å². The monoisotopic (exact) mass is 326 g/mol. The molecule has 0 saturated carbocycles. The third kappa shape index (κ3) is 2.93. The number of alkyl halides is 1. The molecule has 3 nitrogen and oxygen atoms in total. The summed E-state index contributed by atoms with van der Waals surface area (Å²) in [6.07, 6.45) is 0.155. The first-order valence-corrected chi connectivity index (χ1v) is 7.19. The summed E-state index contributed by atoms with van der Waals surface area (Å²) in [5.74, 6) is 0. The van der Waals surface area contributed by atoms with Crippen molar-refractivity contribution in [3.05, 3.63) is 35.9 Å². The van der Waals surface area contributed by atoms with E-state index in [9.17, 15) is 13.5 Å². The van der Waals surface area contributed by atoms with Crippen LogP contribution in [-0.2, 0) is 9.84 Å². The van der Waals surface area contributed by atoms with E-state index in [-0.39, 0.29) is 0 Å². The Morgan fingerprint density at radius 1 is 1.29 bits per heavy atom. The first kappa shape index (κ1) is 11.9. The zero-order valence-electron chi connectivity index (χ0n) is 7.59. The van der Waals surface area contributed by atoms with Crippen molar-refractivity contribution in [2.24, 2.45) is 0 Å². The highest BCUT2D eigenvalue weighted by molar-refractivity contribution is 14.1. The molecule has 0 bridgehead atoms. The topological polar surface area (TPSA) is 54.4 Å². The van der Waals surface area contributed by atoms with Gasteiger partial charge in [-0.15, -0.1) is 0 Å². The predicted molar refractivity (Wildman–Crippen MR) is 64.1 cm³/mol. The number of aliphatic hydroxyl groups is 1. The van der Waals surface area contributed by atoms with Crippen LogP contribution in [0.5, 0.6) is 0 Å². The maximum Gasteiger partial charge on any atom is 0.162 e. The molecule has 0 aliphatic carbocycles. The molecule has 0 unspecified atom stereocenters. The van der Waals surface area contributed by atoms with Crippen LogP contribution in [0.15, 0.2) is 30.3 Å². The van der Waals surface area contributed by atoms with Crippen LogP contribution >= 0.6 is 22.6 Å². The first-order valence-electron chi connectivity index (χ1n) is 3.99. The number of aliphatic hydroxyl groups excluding tert-OH is 1. The standard InChI is InChI=1S/C9H11IO3S/c1-14(12,13)9(10)8(11)7-5-3-2-4-6-7/h2-6,8-9,11H,1H3/t8-,9-/m0/s1. The molecule has 1 N–H and O–H groups in total. The van der Waals surface area contributed by atoms with Gasteiger partial charge in [0.2, 0.25) is 0 Å². The normalized spacial score (nSPS) is 16.2. The molecule has 2 atom stereocenters. The lowest BCUT2D eigenvalue weighted by Crippen LogP contribution is -2.21. The number of hydrogen-bond donors (Lipinski definition) is 1. The van der Waals surface area contributed by atoms with Crippen LogP contribution in [0.1, 0.15) is 11.7 Å². The highest BCUT2D eigenvalue weighted by Gasteiger charge is 2.26. The summed E-state index contributed by atoms with van der Waals surface area (Å²) < 4.78 is 21.6. The summed E-state index contributed by atoms with van der Waals surface area (Å²) >= 11 is 1.74. The summed E-state index contributed by atoms with van der Waals surface area (Å²) in [7, 11) is -3.21. The zero-order chi connectivity index (χ0) is 10.8. The molecule has 0 saturated heterocycles. The largest absolute Gasteiger partial charge is 0.386 e. The Kier molecular flexibility index (Phi) is 3.91. The number of benzene rings is 1. The third-order valence-electron chi connectivity index (χ3n) is 1.80. The fourth-order valence-corrected chi connectivity index (χ4v) is 2.08. The van der Waals surface area contributed by atoms with Gasteiger partial charge in [-0.05, 0) is 5.56 Å². The molecule has 0 spiro atoms. The molecule has 0 aliphatic heterocycles. The molecule has 5 heteroatoms. The van der Waals surface area contributed by atoms with Crippen molar-refractivity contribution in [1.29, 1.82) is 0 Å². The van der Waals surface area contributed by atoms with Crippen molar-refractivity contribution in [2.45, 2.75) is 9.36 Å². The molecule has 0 radical (unpaired) electrons. The SMILES string of the molecule is CS(=O)(=O)[C@H](I)[C@@H](O)c1ccccc1. The molecule has 0 amide bonds. The molecule has 0 aliphatic rings. The van der Waals surface area contributed by atoms with Gasteiger partial charge >= 0.3 is 0 Å². The van der Waals surface area contributed by atoms with E-state index >= 15 is 0 Å². The second kappa shape index (κ2) is 4.59. The summed E-state index contributed by atoms with van der Waals surface area (Å²) in [6, 6.07) is 8.77. The van der Waals surface area contributed by atoms with Crippen LogP contribution < -0.4 is 0 Å². The van der Waals surface area contributed by atoms with Crippen LogP contribution in [0.3, 0.4) is 0 Å². The molecule has 0 heterocycles. The van der Waals surface area contributed by atoms with Crippen LogP contribution in [-0.4, -0.2) is 23.0 Å². The van der Waals surface area contributed by atoms with Crippen LogP contribution in [0.2, 0.25) is 0 Å². The van der Waals surface area contributed by atoms with E-state index in [0.717, 1.165) is 6.26 Å². The molecule has 0 aromatic heterocycles. The molecule has 1 aromatic carbocycles. The van der Waals surface area contributed by atoms with Gasteiger partial charge in [-0.2, -0.15) is 0 Å². The lowest BCUT2D eigenvalue weighted by molar-refractivity contribution is 0.197. The van der Waals surface area contributed by atoms with Gasteiger partial charge in [0.1, 0.15) is 9.36 Å². The van der Waals surface area contributed by atoms with E-state index in [0.29, 0.717) is 5.56 Å². The Morgan fingerprint density at radius 2 is 1.79 bits per heavy atom. The lowest BCUT2D eigenvalue weighted by atomic mass is 10.1. The van der Waals surface area contributed by atoms with Crippen molar-refractivity contribution in [3.8, 4) is 0 Å². The van der Waals surface area contributed by atoms with Gasteiger partial charge < -0.3 is 5.11 Å². The van der Waals surface area contributed by atoms with Crippen LogP contribution in [0, 0.1) is 0 Å². The summed E-state index contributed by atoms with van der Waals surface area (Å²) in [6.45, 7) is 0. The summed E-state index contributed by atoms with van der Waals surface area (Å²) in [5, 5.41) is 9.74. The van der Waals surface area contributed by atoms with Crippen molar-refractivity contribution in [3.63, 3.8) is 0 Å². The second-order valence-electron chi connectivity index (χ2n) is 3.04. The minimum absolute atomic E-state index is 0.623. The van der Waals surface area contributed by atoms with Crippen molar-refractivity contribution >= 4 is 32.4 Å². The first-order chi connectivity index (χ1) is 6.43. The molecule has 78 valence electrons. The minimum atomic E-state index is -3.21. The smallest absolute Gasteiger partial charge is 0.162 e. The van der Waals surface area contributed by atoms with Gasteiger partial charge in [0.05, 0.1) is 0 Å². The highest BCUT2D eigenvalue weighted by Crippen LogP contribution is 2.26. The second-order valence-corrected chi connectivity index (χ2v) is 7.39. The molecule has 1 rings (SSSR count). The Balaban J connectivity index is 2.92. The van der Waals surface area contributed by atoms with Gasteiger partial charge in [0, 0.05) is 6.26 Å². The number of hydrogen-bond acceptors (Lipinski definition) is 3. The average Bonchev–Trinajstić information content (AvgIpc) is 2.15. The average molecular weight is 326 g/mol. The third-order valence-corrected chi connectivity index (χ3v) is 6.33. The quantitative estimate of drug-likeness (QED) is 0.677. The fourth-order valence-electron chi connectivity index (χ4n) is 1.04. The van der Waals surface area contributed by atoms with Gasteiger partial charge in [0.25, 0.3) is 0 Å². The minimum Gasteiger partial charge on any atom is -0.386 e. The zero-order valence-corrected chi connectivity index (χ0v) is 10.6. The Labute approximate surface area is 97.2 Å². The number of halogens is 1. The number of sulfone groups is 1. The maximum atomic E-state index is 11.2. The maximum absolute atomic E-state index is 11.2. The molecular formula is C9H11IO3S. The highest BCUT2D eigenvalue weighted by atomic mass is 127. The van der Waals surface area contributed by atoms with Gasteiger partial charge in [-0.25, -0.2) is 8.42 Å². The Morgan fingerprint density at radius 3 is 2.21 bits per heavy atom. The fraction of sp³-hybridized carbons (Fsp3) is 0.333. The van der Waals surface area contributed by atoms with E-state index in [2.05, 4.69) is 0 Å². The van der Waals surface area contributed by atoms with Crippen LogP contribution in [0.25, 0.3) is 0 Å². The Hall–Kier alpha value is -0.140. The lowest BCUT2D eigenvalue weighted by Gasteiger charge is -2.15. The van der Waals surface area contributed by atoms with Crippen molar-refractivity contribution in [2.75, 3.05) is 6.26 Å². The molecular weight excluding hydrogens is 315 g/mol. The summed E-state index contributed by atoms with van der Waals surface area (Å²) in [5.41, 5.74) is 0.623. The molecule has 14 heavy (non-hydrogen) atoms. The van der Waals surface area contributed by atoms with Gasteiger partial charge in [-0.1, -0.05) is 52.9 Å². The Bertz CT molecular complexity index is 388. The van der Waals surface area contributed by atoms with E-state index in [4.69, 9.17) is 0 Å². The van der Waals surface area contributed by atoms with Crippen molar-refractivity contribution in [1.82, 2.24) is 0 Å². The predicted octanol–water partition coefficient (Wildman–Crippen LogP) is 1.53. The van der Waals surface area contributed by atoms with E-state index < -0.39 is 19.2 Å². The molecule has 0 fully saturated rings. The van der Waals surface area contributed by atoms with Gasteiger partial charge in [-0.3, -0.25) is 0 Å². The van der Waals surface area contributed by atoms with E-state index in [1.54, 1.807) is 46.9 Å². The molecule has 1 aromatic rings. The van der Waals surface area contributed by atoms with Crippen molar-refractivity contribution < 1.29 is 13.5 Å². The van der Waals surface area contributed by atoms with Crippen LogP contribution in [0.4, 0.5) is 0 Å². The summed E-state index contributed by atoms with van der Waals surface area (Å²) in [4.78, 5) is 0. The van der Waals surface area contributed by atoms with Gasteiger partial charge in [0.15, 0.2) is 9.84 Å². The van der Waals surface area contributed by atoms with E-state index in [1.165, 1.54) is 0 Å². The number of rotatable bonds is 3.